The molecule has 1 amide bonds. The molecule has 6 nitrogen and oxygen atoms in total. The number of amides is 1. The summed E-state index contributed by atoms with van der Waals surface area (Å²) in [4.78, 5) is 18.9. The molecule has 0 unspecified atom stereocenters. The molecule has 7 heteroatoms. The summed E-state index contributed by atoms with van der Waals surface area (Å²) in [5.74, 6) is -0.00567. The van der Waals surface area contributed by atoms with Gasteiger partial charge < -0.3 is 14.8 Å². The summed E-state index contributed by atoms with van der Waals surface area (Å²) < 4.78 is 11.0. The molecule has 2 aliphatic rings. The number of hydrogen-bond acceptors (Lipinski definition) is 6. The van der Waals surface area contributed by atoms with Crippen LogP contribution in [-0.2, 0) is 20.8 Å². The smallest absolute Gasteiger partial charge is 0.249 e. The summed E-state index contributed by atoms with van der Waals surface area (Å²) in [5.41, 5.74) is 0. The molecule has 2 fully saturated rings. The summed E-state index contributed by atoms with van der Waals surface area (Å²) in [5, 5.41) is 6.04. The Kier molecular flexibility index (Phi) is 5.41. The predicted octanol–water partition coefficient (Wildman–Crippen LogP) is 1.03. The fourth-order valence-electron chi connectivity index (χ4n) is 3.30. The van der Waals surface area contributed by atoms with Crippen molar-refractivity contribution >= 4 is 17.2 Å². The Labute approximate surface area is 134 Å². The van der Waals surface area contributed by atoms with E-state index < -0.39 is 0 Å². The number of rotatable bonds is 6. The van der Waals surface area contributed by atoms with E-state index in [-0.39, 0.29) is 18.1 Å². The molecule has 0 spiro atoms. The average molecular weight is 325 g/mol. The number of aromatic nitrogens is 1. The summed E-state index contributed by atoms with van der Waals surface area (Å²) in [6, 6.07) is 0.423. The van der Waals surface area contributed by atoms with Crippen molar-refractivity contribution in [2.75, 3.05) is 26.8 Å². The number of likely N-dealkylation sites (tertiary alicyclic amines) is 1. The predicted molar refractivity (Wildman–Crippen MR) is 83.7 cm³/mol. The Morgan fingerprint density at radius 3 is 3.23 bits per heavy atom. The maximum atomic E-state index is 12.1. The molecule has 0 bridgehead atoms. The monoisotopic (exact) mass is 325 g/mol. The zero-order valence-electron chi connectivity index (χ0n) is 12.9. The van der Waals surface area contributed by atoms with Crippen LogP contribution in [0.1, 0.15) is 24.3 Å². The minimum Gasteiger partial charge on any atom is -0.383 e. The SMILES string of the molecule is COCCNC(=O)[C@@H]1CC[C@@H]2[C@@H](CCN2Cc2nccs2)O1. The van der Waals surface area contributed by atoms with Gasteiger partial charge in [-0.05, 0) is 19.3 Å². The van der Waals surface area contributed by atoms with Gasteiger partial charge in [0.15, 0.2) is 0 Å². The van der Waals surface area contributed by atoms with Crippen LogP contribution < -0.4 is 5.32 Å². The number of nitrogens with one attached hydrogen (secondary N) is 1. The number of thiazole rings is 1. The van der Waals surface area contributed by atoms with E-state index in [0.717, 1.165) is 37.4 Å². The molecule has 22 heavy (non-hydrogen) atoms. The summed E-state index contributed by atoms with van der Waals surface area (Å²) in [7, 11) is 1.63. The van der Waals surface area contributed by atoms with E-state index in [0.29, 0.717) is 19.2 Å². The first kappa shape index (κ1) is 15.9. The van der Waals surface area contributed by atoms with Gasteiger partial charge in [-0.2, -0.15) is 0 Å². The molecular weight excluding hydrogens is 302 g/mol. The van der Waals surface area contributed by atoms with Gasteiger partial charge >= 0.3 is 0 Å². The van der Waals surface area contributed by atoms with E-state index in [1.807, 2.05) is 11.6 Å². The molecule has 0 aromatic carbocycles. The van der Waals surface area contributed by atoms with Gasteiger partial charge in [0, 0.05) is 37.8 Å². The van der Waals surface area contributed by atoms with Crippen molar-refractivity contribution in [2.45, 2.75) is 44.1 Å². The van der Waals surface area contributed by atoms with Crippen LogP contribution in [0.15, 0.2) is 11.6 Å². The lowest BCUT2D eigenvalue weighted by Crippen LogP contribution is -2.48. The number of carbonyl (C=O) groups excluding carboxylic acids is 1. The molecule has 2 saturated heterocycles. The van der Waals surface area contributed by atoms with E-state index in [1.54, 1.807) is 18.4 Å². The number of ether oxygens (including phenoxy) is 2. The molecule has 3 atom stereocenters. The minimum absolute atomic E-state index is 0.00567. The highest BCUT2D eigenvalue weighted by Crippen LogP contribution is 2.32. The van der Waals surface area contributed by atoms with Crippen LogP contribution in [0.25, 0.3) is 0 Å². The molecule has 1 N–H and O–H groups in total. The summed E-state index contributed by atoms with van der Waals surface area (Å²) in [6.07, 6.45) is 4.51. The van der Waals surface area contributed by atoms with Crippen molar-refractivity contribution < 1.29 is 14.3 Å². The van der Waals surface area contributed by atoms with Gasteiger partial charge in [0.25, 0.3) is 0 Å². The van der Waals surface area contributed by atoms with Crippen LogP contribution in [0, 0.1) is 0 Å². The summed E-state index contributed by atoms with van der Waals surface area (Å²) in [6.45, 7) is 2.99. The molecule has 1 aromatic rings. The van der Waals surface area contributed by atoms with Crippen LogP contribution in [0.2, 0.25) is 0 Å². The van der Waals surface area contributed by atoms with Crippen LogP contribution in [0.3, 0.4) is 0 Å². The molecular formula is C15H23N3O3S. The second-order valence-electron chi connectivity index (χ2n) is 5.78. The number of fused-ring (bicyclic) bond motifs is 1. The van der Waals surface area contributed by atoms with Crippen LogP contribution in [0.4, 0.5) is 0 Å². The largest absolute Gasteiger partial charge is 0.383 e. The third-order valence-electron chi connectivity index (χ3n) is 4.38. The molecule has 0 radical (unpaired) electrons. The summed E-state index contributed by atoms with van der Waals surface area (Å²) >= 11 is 1.70. The molecule has 122 valence electrons. The van der Waals surface area contributed by atoms with Crippen LogP contribution in [-0.4, -0.2) is 60.8 Å². The standard InChI is InChI=1S/C15H23N3O3S/c1-20-8-5-17-15(19)13-3-2-11-12(21-13)4-7-18(11)10-14-16-6-9-22-14/h6,9,11-13H,2-5,7-8,10H2,1H3,(H,17,19)/t11-,12-,13+/m1/s1. The lowest BCUT2D eigenvalue weighted by Gasteiger charge is -2.35. The number of hydrogen-bond donors (Lipinski definition) is 1. The van der Waals surface area contributed by atoms with Gasteiger partial charge in [0.05, 0.1) is 19.3 Å². The average Bonchev–Trinajstić information content (AvgIpc) is 3.18. The Balaban J connectivity index is 1.49. The number of carbonyl (C=O) groups is 1. The normalized spacial score (nSPS) is 28.5. The van der Waals surface area contributed by atoms with E-state index in [9.17, 15) is 4.79 Å². The van der Waals surface area contributed by atoms with Gasteiger partial charge in [-0.1, -0.05) is 0 Å². The topological polar surface area (TPSA) is 63.7 Å². The highest BCUT2D eigenvalue weighted by Gasteiger charge is 2.41. The van der Waals surface area contributed by atoms with Gasteiger partial charge in [-0.3, -0.25) is 9.69 Å². The maximum absolute atomic E-state index is 12.1. The highest BCUT2D eigenvalue weighted by atomic mass is 32.1. The second kappa shape index (κ2) is 7.50. The van der Waals surface area contributed by atoms with E-state index in [2.05, 4.69) is 15.2 Å². The highest BCUT2D eigenvalue weighted by molar-refractivity contribution is 7.09. The fourth-order valence-corrected chi connectivity index (χ4v) is 3.94. The quantitative estimate of drug-likeness (QED) is 0.792. The lowest BCUT2D eigenvalue weighted by atomic mass is 9.98. The van der Waals surface area contributed by atoms with E-state index >= 15 is 0 Å². The van der Waals surface area contributed by atoms with Crippen molar-refractivity contribution in [3.63, 3.8) is 0 Å². The van der Waals surface area contributed by atoms with Gasteiger partial charge in [0.1, 0.15) is 11.1 Å². The fraction of sp³-hybridized carbons (Fsp3) is 0.733. The van der Waals surface area contributed by atoms with Crippen molar-refractivity contribution in [3.8, 4) is 0 Å². The third kappa shape index (κ3) is 3.65. The molecule has 1 aromatic heterocycles. The zero-order valence-corrected chi connectivity index (χ0v) is 13.7. The lowest BCUT2D eigenvalue weighted by molar-refractivity contribution is -0.144. The maximum Gasteiger partial charge on any atom is 0.249 e. The molecule has 0 saturated carbocycles. The second-order valence-corrected chi connectivity index (χ2v) is 6.76. The Morgan fingerprint density at radius 2 is 2.45 bits per heavy atom. The first-order valence-corrected chi connectivity index (χ1v) is 8.70. The van der Waals surface area contributed by atoms with E-state index in [4.69, 9.17) is 9.47 Å². The van der Waals surface area contributed by atoms with Gasteiger partial charge in [-0.15, -0.1) is 11.3 Å². The zero-order chi connectivity index (χ0) is 15.4. The van der Waals surface area contributed by atoms with Gasteiger partial charge in [0.2, 0.25) is 5.91 Å². The molecule has 3 rings (SSSR count). The van der Waals surface area contributed by atoms with E-state index in [1.165, 1.54) is 0 Å². The molecule has 0 aliphatic carbocycles. The van der Waals surface area contributed by atoms with Crippen molar-refractivity contribution in [2.24, 2.45) is 0 Å². The number of methoxy groups -OCH3 is 1. The van der Waals surface area contributed by atoms with Crippen molar-refractivity contribution in [1.82, 2.24) is 15.2 Å². The Bertz CT molecular complexity index is 482. The minimum atomic E-state index is -0.307. The van der Waals surface area contributed by atoms with Crippen LogP contribution >= 0.6 is 11.3 Å². The third-order valence-corrected chi connectivity index (χ3v) is 5.15. The van der Waals surface area contributed by atoms with Crippen molar-refractivity contribution in [1.29, 1.82) is 0 Å². The first-order chi connectivity index (χ1) is 10.8. The Hall–Kier alpha value is -1.02. The Morgan fingerprint density at radius 1 is 1.55 bits per heavy atom. The first-order valence-electron chi connectivity index (χ1n) is 7.82. The van der Waals surface area contributed by atoms with Crippen LogP contribution in [0.5, 0.6) is 0 Å². The molecule has 3 heterocycles. The molecule has 2 aliphatic heterocycles. The van der Waals surface area contributed by atoms with Crippen molar-refractivity contribution in [3.05, 3.63) is 16.6 Å². The van der Waals surface area contributed by atoms with Gasteiger partial charge in [-0.25, -0.2) is 4.98 Å². The number of nitrogens with zero attached hydrogens (tertiary/aromatic N) is 2.